The van der Waals surface area contributed by atoms with Gasteiger partial charge in [-0.3, -0.25) is 19.2 Å². The zero-order chi connectivity index (χ0) is 31.2. The molecule has 0 spiro atoms. The molecule has 5 nitrogen and oxygen atoms in total. The molecule has 0 saturated carbocycles. The van der Waals surface area contributed by atoms with Gasteiger partial charge < -0.3 is 4.90 Å². The Morgan fingerprint density at radius 1 is 0.927 bits per heavy atom. The molecule has 2 aromatic rings. The Labute approximate surface area is 254 Å². The third kappa shape index (κ3) is 17.0. The van der Waals surface area contributed by atoms with Crippen LogP contribution in [0.5, 0.6) is 0 Å². The number of carbonyl (C=O) groups is 4. The van der Waals surface area contributed by atoms with E-state index in [1.54, 1.807) is 24.3 Å². The van der Waals surface area contributed by atoms with Crippen LogP contribution in [0.25, 0.3) is 0 Å². The Kier molecular flexibility index (Phi) is 21.5. The summed E-state index contributed by atoms with van der Waals surface area (Å²) in [5.74, 6) is 1.00. The summed E-state index contributed by atoms with van der Waals surface area (Å²) in [5, 5.41) is 0. The highest BCUT2D eigenvalue weighted by Crippen LogP contribution is 2.25. The van der Waals surface area contributed by atoms with E-state index in [-0.39, 0.29) is 29.6 Å². The molecule has 1 atom stereocenters. The highest BCUT2D eigenvalue weighted by Gasteiger charge is 2.29. The van der Waals surface area contributed by atoms with Crippen molar-refractivity contribution in [1.29, 1.82) is 0 Å². The number of halogens is 1. The number of alkyl halides is 1. The van der Waals surface area contributed by atoms with Crippen LogP contribution in [0.4, 0.5) is 0 Å². The van der Waals surface area contributed by atoms with E-state index >= 15 is 0 Å². The maximum atomic E-state index is 11.8. The van der Waals surface area contributed by atoms with Crippen molar-refractivity contribution in [1.82, 2.24) is 4.90 Å². The molecule has 0 amide bonds. The topological polar surface area (TPSA) is 71.5 Å². The van der Waals surface area contributed by atoms with Crippen molar-refractivity contribution in [3.63, 3.8) is 0 Å². The number of carbonyl (C=O) groups excluding carboxylic acids is 4. The summed E-state index contributed by atoms with van der Waals surface area (Å²) in [6.07, 6.45) is 6.04. The van der Waals surface area contributed by atoms with Crippen molar-refractivity contribution in [2.75, 3.05) is 26.5 Å². The number of benzene rings is 2. The van der Waals surface area contributed by atoms with Crippen LogP contribution < -0.4 is 0 Å². The summed E-state index contributed by atoms with van der Waals surface area (Å²) in [6, 6.07) is 16.5. The second kappa shape index (κ2) is 23.0. The summed E-state index contributed by atoms with van der Waals surface area (Å²) >= 11 is 5.54. The van der Waals surface area contributed by atoms with Gasteiger partial charge in [0.1, 0.15) is 11.6 Å². The fourth-order valence-electron chi connectivity index (χ4n) is 4.09. The zero-order valence-electron chi connectivity index (χ0n) is 26.4. The van der Waals surface area contributed by atoms with Crippen LogP contribution in [0.15, 0.2) is 54.6 Å². The van der Waals surface area contributed by atoms with E-state index in [4.69, 9.17) is 11.6 Å². The molecule has 1 aliphatic carbocycles. The number of Topliss-reactive ketones (excluding diaryl/α,β-unsaturated/α-hetero) is 4. The third-order valence-electron chi connectivity index (χ3n) is 6.49. The summed E-state index contributed by atoms with van der Waals surface area (Å²) in [4.78, 5) is 48.5. The largest absolute Gasteiger partial charge is 0.309 e. The normalized spacial score (nSPS) is 13.5. The number of ketones is 4. The van der Waals surface area contributed by atoms with Crippen LogP contribution in [0, 0.1) is 11.8 Å². The molecular weight excluding hydrogens is 534 g/mol. The van der Waals surface area contributed by atoms with E-state index in [2.05, 4.69) is 32.8 Å². The van der Waals surface area contributed by atoms with Gasteiger partial charge in [-0.25, -0.2) is 0 Å². The molecule has 228 valence electrons. The lowest BCUT2D eigenvalue weighted by atomic mass is 9.81. The van der Waals surface area contributed by atoms with E-state index in [1.807, 2.05) is 44.2 Å². The highest BCUT2D eigenvalue weighted by molar-refractivity contribution is 6.17. The van der Waals surface area contributed by atoms with Crippen LogP contribution in [0.2, 0.25) is 0 Å². The molecule has 41 heavy (non-hydrogen) atoms. The Bertz CT molecular complexity index is 1030. The van der Waals surface area contributed by atoms with Gasteiger partial charge in [0, 0.05) is 23.4 Å². The Hall–Kier alpha value is -2.63. The van der Waals surface area contributed by atoms with E-state index in [9.17, 15) is 19.2 Å². The monoisotopic (exact) mass is 585 g/mol. The fourth-order valence-corrected chi connectivity index (χ4v) is 4.28. The number of hydrogen-bond acceptors (Lipinski definition) is 5. The number of hydrogen-bond donors (Lipinski definition) is 0. The Morgan fingerprint density at radius 2 is 1.54 bits per heavy atom. The van der Waals surface area contributed by atoms with Crippen molar-refractivity contribution >= 4 is 34.7 Å². The molecule has 0 bridgehead atoms. The molecule has 0 N–H and O–H groups in total. The number of rotatable bonds is 12. The second-order valence-corrected chi connectivity index (χ2v) is 11.1. The molecule has 0 aromatic heterocycles. The van der Waals surface area contributed by atoms with Gasteiger partial charge in [-0.05, 0) is 71.1 Å². The summed E-state index contributed by atoms with van der Waals surface area (Å²) in [5.41, 5.74) is 2.43. The quantitative estimate of drug-likeness (QED) is 0.108. The number of fused-ring (bicyclic) bond motifs is 1. The lowest BCUT2D eigenvalue weighted by molar-refractivity contribution is -0.120. The summed E-state index contributed by atoms with van der Waals surface area (Å²) in [7, 11) is 4.23. The molecular formula is C35H52ClNO4. The third-order valence-corrected chi connectivity index (χ3v) is 6.76. The van der Waals surface area contributed by atoms with Gasteiger partial charge in [0.15, 0.2) is 11.6 Å². The van der Waals surface area contributed by atoms with E-state index in [1.165, 1.54) is 19.9 Å². The maximum Gasteiger partial charge on any atom is 0.173 e. The minimum atomic E-state index is -0.398. The molecule has 0 saturated heterocycles. The van der Waals surface area contributed by atoms with Crippen LogP contribution in [0.1, 0.15) is 106 Å². The molecule has 0 radical (unpaired) electrons. The van der Waals surface area contributed by atoms with Crippen LogP contribution >= 0.6 is 11.6 Å². The maximum absolute atomic E-state index is 11.8. The number of unbranched alkanes of at least 4 members (excludes halogenated alkanes) is 2. The van der Waals surface area contributed by atoms with Crippen LogP contribution in [-0.2, 0) is 16.0 Å². The predicted octanol–water partition coefficient (Wildman–Crippen LogP) is 8.27. The molecule has 0 fully saturated rings. The van der Waals surface area contributed by atoms with Gasteiger partial charge in [0.05, 0.1) is 12.3 Å². The van der Waals surface area contributed by atoms with Crippen LogP contribution in [-0.4, -0.2) is 54.6 Å². The molecule has 3 rings (SSSR count). The zero-order valence-corrected chi connectivity index (χ0v) is 27.1. The van der Waals surface area contributed by atoms with E-state index in [0.29, 0.717) is 24.3 Å². The van der Waals surface area contributed by atoms with Gasteiger partial charge in [-0.2, -0.15) is 0 Å². The standard InChI is InChI=1S/C14H17ClO2.C12H12O2.C7H17N.C2H6/c15-10-6-2-5-9-13(16)11-14(17)12-7-3-1-4-8-12;1-8(13)10-7-6-9-4-2-3-5-11(9)12(10)14;1-7(2)5-6-8(3)4;1-2/h1,3-4,7-8H,2,5-6,9-11H2;2-5,10H,6-7H2,1H3;7H,5-6H2,1-4H3;1-2H3. The number of nitrogens with zero attached hydrogens (tertiary/aromatic N) is 1. The van der Waals surface area contributed by atoms with Gasteiger partial charge in [-0.15, -0.1) is 11.6 Å². The van der Waals surface area contributed by atoms with Gasteiger partial charge >= 0.3 is 0 Å². The van der Waals surface area contributed by atoms with Crippen molar-refractivity contribution in [3.05, 3.63) is 71.3 Å². The van der Waals surface area contributed by atoms with Crippen LogP contribution in [0.3, 0.4) is 0 Å². The molecule has 0 heterocycles. The van der Waals surface area contributed by atoms with Gasteiger partial charge in [0.2, 0.25) is 0 Å². The van der Waals surface area contributed by atoms with Crippen molar-refractivity contribution in [2.45, 2.75) is 86.0 Å². The van der Waals surface area contributed by atoms with Crippen molar-refractivity contribution in [3.8, 4) is 0 Å². The SMILES string of the molecule is CC.CC(=O)C1CCc2ccccc2C1=O.CC(C)CCN(C)C.O=C(CCCCCCl)CC(=O)c1ccccc1. The summed E-state index contributed by atoms with van der Waals surface area (Å²) in [6.45, 7) is 11.2. The van der Waals surface area contributed by atoms with E-state index in [0.717, 1.165) is 42.7 Å². The summed E-state index contributed by atoms with van der Waals surface area (Å²) < 4.78 is 0. The van der Waals surface area contributed by atoms with Crippen molar-refractivity contribution < 1.29 is 19.2 Å². The predicted molar refractivity (Wildman–Crippen MR) is 172 cm³/mol. The smallest absolute Gasteiger partial charge is 0.173 e. The Morgan fingerprint density at radius 3 is 2.07 bits per heavy atom. The fraction of sp³-hybridized carbons (Fsp3) is 0.543. The minimum absolute atomic E-state index is 0.000602. The average molecular weight is 586 g/mol. The second-order valence-electron chi connectivity index (χ2n) is 10.7. The van der Waals surface area contributed by atoms with Crippen molar-refractivity contribution in [2.24, 2.45) is 11.8 Å². The molecule has 1 aliphatic rings. The van der Waals surface area contributed by atoms with E-state index < -0.39 is 5.92 Å². The molecule has 0 aliphatic heterocycles. The lowest BCUT2D eigenvalue weighted by Crippen LogP contribution is -2.27. The van der Waals surface area contributed by atoms with Gasteiger partial charge in [-0.1, -0.05) is 88.7 Å². The minimum Gasteiger partial charge on any atom is -0.309 e. The molecule has 6 heteroatoms. The first-order valence-corrected chi connectivity index (χ1v) is 15.5. The van der Waals surface area contributed by atoms with Gasteiger partial charge in [0.25, 0.3) is 0 Å². The lowest BCUT2D eigenvalue weighted by Gasteiger charge is -2.20. The first kappa shape index (κ1) is 38.4. The number of aryl methyl sites for hydroxylation is 1. The molecule has 2 aromatic carbocycles. The molecule has 1 unspecified atom stereocenters. The Balaban J connectivity index is 0.000000601. The first-order chi connectivity index (χ1) is 19.6. The first-order valence-electron chi connectivity index (χ1n) is 15.0. The average Bonchev–Trinajstić information content (AvgIpc) is 2.96. The highest BCUT2D eigenvalue weighted by atomic mass is 35.5.